The predicted molar refractivity (Wildman–Crippen MR) is 79.8 cm³/mol. The van der Waals surface area contributed by atoms with Gasteiger partial charge >= 0.3 is 6.09 Å². The zero-order chi connectivity index (χ0) is 17.2. The molecule has 0 radical (unpaired) electrons. The molecule has 23 heavy (non-hydrogen) atoms. The zero-order valence-electron chi connectivity index (χ0n) is 13.4. The molecule has 2 unspecified atom stereocenters. The van der Waals surface area contributed by atoms with E-state index in [-0.39, 0.29) is 12.2 Å². The Labute approximate surface area is 133 Å². The maximum atomic E-state index is 13.9. The first-order valence-corrected chi connectivity index (χ1v) is 7.24. The molecule has 2 rings (SSSR count). The molecule has 0 aliphatic carbocycles. The molecule has 1 aliphatic rings. The Kier molecular flexibility index (Phi) is 4.99. The largest absolute Gasteiger partial charge is 0.444 e. The van der Waals surface area contributed by atoms with Crippen LogP contribution in [0.2, 0.25) is 0 Å². The molecule has 0 aromatic carbocycles. The van der Waals surface area contributed by atoms with Gasteiger partial charge in [0.15, 0.2) is 0 Å². The van der Waals surface area contributed by atoms with Crippen LogP contribution < -0.4 is 5.32 Å². The van der Waals surface area contributed by atoms with Gasteiger partial charge in [0, 0.05) is 5.56 Å². The molecule has 1 saturated heterocycles. The molecule has 2 heterocycles. The monoisotopic (exact) mass is 326 g/mol. The predicted octanol–water partition coefficient (Wildman–Crippen LogP) is 3.27. The van der Waals surface area contributed by atoms with E-state index in [9.17, 15) is 13.6 Å². The summed E-state index contributed by atoms with van der Waals surface area (Å²) >= 11 is 0. The van der Waals surface area contributed by atoms with E-state index in [0.717, 1.165) is 17.8 Å². The fourth-order valence-corrected chi connectivity index (χ4v) is 2.33. The summed E-state index contributed by atoms with van der Waals surface area (Å²) in [6.07, 6.45) is -0.358. The Balaban J connectivity index is 2.21. The van der Waals surface area contributed by atoms with E-state index < -0.39 is 35.6 Å². The number of halogens is 2. The van der Waals surface area contributed by atoms with Crippen LogP contribution in [0.1, 0.15) is 38.9 Å². The van der Waals surface area contributed by atoms with Crippen molar-refractivity contribution in [3.8, 4) is 0 Å². The molecule has 0 saturated carbocycles. The van der Waals surface area contributed by atoms with Gasteiger partial charge in [-0.25, -0.2) is 14.2 Å². The molecule has 1 N–H and O–H groups in total. The van der Waals surface area contributed by atoms with Crippen LogP contribution in [0.25, 0.3) is 0 Å². The minimum Gasteiger partial charge on any atom is -0.444 e. The molecule has 0 spiro atoms. The average Bonchev–Trinajstić information content (AvgIpc) is 2.40. The summed E-state index contributed by atoms with van der Waals surface area (Å²) in [5, 5.41) is 2.64. The third-order valence-electron chi connectivity index (χ3n) is 3.18. The minimum atomic E-state index is -0.865. The SMILES string of the molecule is C=C1COC(c2cc(F)cnc2F)C(NC(=O)OC(C)(C)C)C1. The highest BCUT2D eigenvalue weighted by Crippen LogP contribution is 2.31. The fraction of sp³-hybridized carbons (Fsp3) is 0.500. The second-order valence-electron chi connectivity index (χ2n) is 6.47. The van der Waals surface area contributed by atoms with Crippen molar-refractivity contribution in [2.24, 2.45) is 0 Å². The van der Waals surface area contributed by atoms with Crippen LogP contribution in [0.4, 0.5) is 13.6 Å². The lowest BCUT2D eigenvalue weighted by Gasteiger charge is -2.34. The number of alkyl carbamates (subject to hydrolysis) is 1. The van der Waals surface area contributed by atoms with E-state index in [4.69, 9.17) is 9.47 Å². The number of carbonyl (C=O) groups excluding carboxylic acids is 1. The summed E-state index contributed by atoms with van der Waals surface area (Å²) in [5.41, 5.74) is 0.0308. The van der Waals surface area contributed by atoms with Gasteiger partial charge < -0.3 is 14.8 Å². The van der Waals surface area contributed by atoms with Gasteiger partial charge in [-0.15, -0.1) is 0 Å². The first-order chi connectivity index (χ1) is 10.7. The molecular formula is C16H20F2N2O3. The number of aromatic nitrogens is 1. The van der Waals surface area contributed by atoms with Crippen molar-refractivity contribution < 1.29 is 23.0 Å². The number of hydrogen-bond donors (Lipinski definition) is 1. The maximum Gasteiger partial charge on any atom is 0.407 e. The third-order valence-corrected chi connectivity index (χ3v) is 3.18. The molecule has 1 aromatic rings. The van der Waals surface area contributed by atoms with E-state index in [1.165, 1.54) is 0 Å². The molecule has 1 amide bonds. The van der Waals surface area contributed by atoms with Crippen molar-refractivity contribution in [3.63, 3.8) is 0 Å². The quantitative estimate of drug-likeness (QED) is 0.669. The normalized spacial score (nSPS) is 21.9. The second-order valence-corrected chi connectivity index (χ2v) is 6.47. The molecule has 1 aliphatic heterocycles. The fourth-order valence-electron chi connectivity index (χ4n) is 2.33. The van der Waals surface area contributed by atoms with Gasteiger partial charge in [0.05, 0.1) is 18.8 Å². The smallest absolute Gasteiger partial charge is 0.407 e. The molecule has 2 atom stereocenters. The molecular weight excluding hydrogens is 306 g/mol. The highest BCUT2D eigenvalue weighted by Gasteiger charge is 2.34. The van der Waals surface area contributed by atoms with Crippen molar-refractivity contribution in [3.05, 3.63) is 41.7 Å². The summed E-state index contributed by atoms with van der Waals surface area (Å²) in [5.74, 6) is -1.51. The number of carbonyl (C=O) groups is 1. The number of pyridine rings is 1. The summed E-state index contributed by atoms with van der Waals surface area (Å²) in [6.45, 7) is 9.21. The van der Waals surface area contributed by atoms with Crippen molar-refractivity contribution in [1.29, 1.82) is 0 Å². The number of amides is 1. The van der Waals surface area contributed by atoms with Crippen LogP contribution in [0, 0.1) is 11.8 Å². The number of ether oxygens (including phenoxy) is 2. The van der Waals surface area contributed by atoms with Crippen molar-refractivity contribution in [1.82, 2.24) is 10.3 Å². The van der Waals surface area contributed by atoms with Gasteiger partial charge in [-0.05, 0) is 38.8 Å². The second kappa shape index (κ2) is 6.62. The maximum absolute atomic E-state index is 13.9. The first-order valence-electron chi connectivity index (χ1n) is 7.24. The minimum absolute atomic E-state index is 0.0430. The topological polar surface area (TPSA) is 60.5 Å². The summed E-state index contributed by atoms with van der Waals surface area (Å²) in [6, 6.07) is 0.398. The average molecular weight is 326 g/mol. The van der Waals surface area contributed by atoms with Crippen molar-refractivity contribution in [2.75, 3.05) is 6.61 Å². The highest BCUT2D eigenvalue weighted by atomic mass is 19.1. The number of nitrogens with one attached hydrogen (secondary N) is 1. The lowest BCUT2D eigenvalue weighted by Crippen LogP contribution is -2.45. The van der Waals surface area contributed by atoms with Crippen LogP contribution in [0.3, 0.4) is 0 Å². The Hall–Kier alpha value is -2.02. The number of hydrogen-bond acceptors (Lipinski definition) is 4. The lowest BCUT2D eigenvalue weighted by molar-refractivity contribution is 0.00289. The standard InChI is InChI=1S/C16H20F2N2O3/c1-9-5-12(20-15(21)23-16(2,3)4)13(22-8-9)11-6-10(17)7-19-14(11)18/h6-7,12-13H,1,5,8H2,2-4H3,(H,20,21). The van der Waals surface area contributed by atoms with E-state index in [2.05, 4.69) is 16.9 Å². The first kappa shape index (κ1) is 17.3. The van der Waals surface area contributed by atoms with Crippen LogP contribution in [-0.4, -0.2) is 29.3 Å². The summed E-state index contributed by atoms with van der Waals surface area (Å²) in [7, 11) is 0. The van der Waals surface area contributed by atoms with E-state index >= 15 is 0 Å². The number of rotatable bonds is 2. The number of nitrogens with zero attached hydrogens (tertiary/aromatic N) is 1. The molecule has 5 nitrogen and oxygen atoms in total. The molecule has 1 fully saturated rings. The Morgan fingerprint density at radius 3 is 2.83 bits per heavy atom. The van der Waals surface area contributed by atoms with Crippen LogP contribution in [0.15, 0.2) is 24.4 Å². The van der Waals surface area contributed by atoms with Gasteiger partial charge in [0.25, 0.3) is 0 Å². The van der Waals surface area contributed by atoms with Crippen LogP contribution in [-0.2, 0) is 9.47 Å². The lowest BCUT2D eigenvalue weighted by atomic mass is 9.94. The van der Waals surface area contributed by atoms with Gasteiger partial charge in [-0.3, -0.25) is 0 Å². The Morgan fingerprint density at radius 2 is 2.17 bits per heavy atom. The molecule has 1 aromatic heterocycles. The highest BCUT2D eigenvalue weighted by molar-refractivity contribution is 5.68. The van der Waals surface area contributed by atoms with Gasteiger partial charge in [0.1, 0.15) is 17.5 Å². The van der Waals surface area contributed by atoms with E-state index in [1.54, 1.807) is 20.8 Å². The Bertz CT molecular complexity index is 614. The van der Waals surface area contributed by atoms with Crippen LogP contribution >= 0.6 is 0 Å². The van der Waals surface area contributed by atoms with Crippen molar-refractivity contribution >= 4 is 6.09 Å². The van der Waals surface area contributed by atoms with Crippen molar-refractivity contribution in [2.45, 2.75) is 44.9 Å². The van der Waals surface area contributed by atoms with E-state index in [0.29, 0.717) is 6.42 Å². The summed E-state index contributed by atoms with van der Waals surface area (Å²) < 4.78 is 38.0. The van der Waals surface area contributed by atoms with Gasteiger partial charge in [0.2, 0.25) is 5.95 Å². The molecule has 126 valence electrons. The van der Waals surface area contributed by atoms with Gasteiger partial charge in [-0.2, -0.15) is 4.39 Å². The van der Waals surface area contributed by atoms with Gasteiger partial charge in [-0.1, -0.05) is 6.58 Å². The van der Waals surface area contributed by atoms with Crippen LogP contribution in [0.5, 0.6) is 0 Å². The Morgan fingerprint density at radius 1 is 1.48 bits per heavy atom. The van der Waals surface area contributed by atoms with E-state index in [1.807, 2.05) is 0 Å². The summed E-state index contributed by atoms with van der Waals surface area (Å²) in [4.78, 5) is 15.3. The molecule has 0 bridgehead atoms. The molecule has 7 heteroatoms. The zero-order valence-corrected chi connectivity index (χ0v) is 13.4. The third kappa shape index (κ3) is 4.72.